The summed E-state index contributed by atoms with van der Waals surface area (Å²) in [6.07, 6.45) is 8.38. The molecule has 1 N–H and O–H groups in total. The molecule has 0 amide bonds. The predicted molar refractivity (Wildman–Crippen MR) is 95.7 cm³/mol. The minimum absolute atomic E-state index is 0.216. The predicted octanol–water partition coefficient (Wildman–Crippen LogP) is 5.58. The summed E-state index contributed by atoms with van der Waals surface area (Å²) in [6.45, 7) is 7.92. The summed E-state index contributed by atoms with van der Waals surface area (Å²) >= 11 is 3.53. The molecule has 0 saturated heterocycles. The summed E-state index contributed by atoms with van der Waals surface area (Å²) in [6, 6.07) is 8.87. The summed E-state index contributed by atoms with van der Waals surface area (Å²) in [5.41, 5.74) is 1.69. The number of benzene rings is 1. The van der Waals surface area contributed by atoms with E-state index in [0.717, 1.165) is 18.4 Å². The molecule has 0 aromatic heterocycles. The van der Waals surface area contributed by atoms with E-state index in [1.807, 2.05) is 0 Å². The van der Waals surface area contributed by atoms with Crippen molar-refractivity contribution in [2.24, 2.45) is 11.8 Å². The Morgan fingerprint density at radius 3 is 2.33 bits per heavy atom. The second-order valence-corrected chi connectivity index (χ2v) is 8.63. The quantitative estimate of drug-likeness (QED) is 0.705. The molecular weight excluding hydrogens is 322 g/mol. The first-order valence-electron chi connectivity index (χ1n) is 8.42. The largest absolute Gasteiger partial charge is 0.312 e. The van der Waals surface area contributed by atoms with Crippen LogP contribution in [-0.4, -0.2) is 12.1 Å². The van der Waals surface area contributed by atoms with Gasteiger partial charge in [-0.1, -0.05) is 53.7 Å². The Kier molecular flexibility index (Phi) is 6.31. The van der Waals surface area contributed by atoms with Gasteiger partial charge in [-0.2, -0.15) is 0 Å². The zero-order chi connectivity index (χ0) is 15.3. The van der Waals surface area contributed by atoms with Crippen LogP contribution in [0.1, 0.15) is 58.4 Å². The maximum atomic E-state index is 3.72. The number of hydrogen-bond acceptors (Lipinski definition) is 1. The lowest BCUT2D eigenvalue weighted by Gasteiger charge is -2.27. The van der Waals surface area contributed by atoms with Crippen LogP contribution in [-0.2, 0) is 6.42 Å². The van der Waals surface area contributed by atoms with Gasteiger partial charge in [0.15, 0.2) is 0 Å². The standard InChI is InChI=1S/C19H30BrN/c1-19(2,3)21-14-17(12-15-6-4-5-7-15)13-16-8-10-18(20)11-9-16/h8-11,15,17,21H,4-7,12-14H2,1-3H3. The Morgan fingerprint density at radius 1 is 1.14 bits per heavy atom. The van der Waals surface area contributed by atoms with Crippen molar-refractivity contribution in [2.45, 2.75) is 64.8 Å². The van der Waals surface area contributed by atoms with E-state index in [-0.39, 0.29) is 5.54 Å². The topological polar surface area (TPSA) is 12.0 Å². The first-order valence-corrected chi connectivity index (χ1v) is 9.21. The SMILES string of the molecule is CC(C)(C)NCC(Cc1ccc(Br)cc1)CC1CCCC1. The first kappa shape index (κ1) is 17.0. The van der Waals surface area contributed by atoms with Gasteiger partial charge >= 0.3 is 0 Å². The van der Waals surface area contributed by atoms with Gasteiger partial charge in [-0.3, -0.25) is 0 Å². The number of hydrogen-bond donors (Lipinski definition) is 1. The second kappa shape index (κ2) is 7.78. The van der Waals surface area contributed by atoms with Crippen molar-refractivity contribution >= 4 is 15.9 Å². The Hall–Kier alpha value is -0.340. The lowest BCUT2D eigenvalue weighted by atomic mass is 9.88. The highest BCUT2D eigenvalue weighted by molar-refractivity contribution is 9.10. The molecule has 1 fully saturated rings. The Bertz CT molecular complexity index is 412. The van der Waals surface area contributed by atoms with E-state index in [1.165, 1.54) is 48.6 Å². The van der Waals surface area contributed by atoms with Gasteiger partial charge in [0, 0.05) is 10.0 Å². The molecule has 1 aliphatic rings. The molecule has 2 rings (SSSR count). The number of halogens is 1. The number of nitrogens with one attached hydrogen (secondary N) is 1. The van der Waals surface area contributed by atoms with E-state index >= 15 is 0 Å². The van der Waals surface area contributed by atoms with Crippen LogP contribution in [0.4, 0.5) is 0 Å². The zero-order valence-corrected chi connectivity index (χ0v) is 15.4. The summed E-state index contributed by atoms with van der Waals surface area (Å²) < 4.78 is 1.17. The lowest BCUT2D eigenvalue weighted by molar-refractivity contribution is 0.317. The molecule has 1 aliphatic carbocycles. The average molecular weight is 352 g/mol. The normalized spacial score (nSPS) is 18.1. The van der Waals surface area contributed by atoms with Crippen LogP contribution >= 0.6 is 15.9 Å². The lowest BCUT2D eigenvalue weighted by Crippen LogP contribution is -2.40. The van der Waals surface area contributed by atoms with Crippen molar-refractivity contribution in [1.82, 2.24) is 5.32 Å². The third kappa shape index (κ3) is 6.52. The van der Waals surface area contributed by atoms with Crippen LogP contribution in [0, 0.1) is 11.8 Å². The Balaban J connectivity index is 1.94. The minimum Gasteiger partial charge on any atom is -0.312 e. The van der Waals surface area contributed by atoms with Crippen LogP contribution in [0.2, 0.25) is 0 Å². The molecule has 1 aromatic rings. The van der Waals surface area contributed by atoms with Gasteiger partial charge in [0.1, 0.15) is 0 Å². The van der Waals surface area contributed by atoms with E-state index in [9.17, 15) is 0 Å². The monoisotopic (exact) mass is 351 g/mol. The van der Waals surface area contributed by atoms with Crippen molar-refractivity contribution in [3.8, 4) is 0 Å². The number of rotatable bonds is 6. The highest BCUT2D eigenvalue weighted by Crippen LogP contribution is 2.31. The zero-order valence-electron chi connectivity index (χ0n) is 13.8. The molecule has 0 aliphatic heterocycles. The van der Waals surface area contributed by atoms with Gasteiger partial charge in [0.25, 0.3) is 0 Å². The third-order valence-electron chi connectivity index (χ3n) is 4.50. The van der Waals surface area contributed by atoms with Crippen LogP contribution in [0.15, 0.2) is 28.7 Å². The summed E-state index contributed by atoms with van der Waals surface area (Å²) in [5.74, 6) is 1.72. The first-order chi connectivity index (χ1) is 9.92. The van der Waals surface area contributed by atoms with Crippen molar-refractivity contribution in [3.63, 3.8) is 0 Å². The highest BCUT2D eigenvalue weighted by Gasteiger charge is 2.21. The van der Waals surface area contributed by atoms with Crippen molar-refractivity contribution < 1.29 is 0 Å². The third-order valence-corrected chi connectivity index (χ3v) is 5.03. The molecule has 1 nitrogen and oxygen atoms in total. The molecule has 0 heterocycles. The smallest absolute Gasteiger partial charge is 0.0175 e. The van der Waals surface area contributed by atoms with Crippen molar-refractivity contribution in [2.75, 3.05) is 6.54 Å². The molecule has 1 unspecified atom stereocenters. The van der Waals surface area contributed by atoms with Crippen LogP contribution in [0.25, 0.3) is 0 Å². The van der Waals surface area contributed by atoms with Crippen molar-refractivity contribution in [1.29, 1.82) is 0 Å². The van der Waals surface area contributed by atoms with E-state index in [0.29, 0.717) is 0 Å². The maximum Gasteiger partial charge on any atom is 0.0175 e. The molecule has 21 heavy (non-hydrogen) atoms. The van der Waals surface area contributed by atoms with Gasteiger partial charge in [0.05, 0.1) is 0 Å². The Labute approximate surface area is 139 Å². The molecule has 0 spiro atoms. The van der Waals surface area contributed by atoms with Crippen LogP contribution in [0.3, 0.4) is 0 Å². The molecule has 1 atom stereocenters. The average Bonchev–Trinajstić information content (AvgIpc) is 2.91. The fourth-order valence-electron chi connectivity index (χ4n) is 3.36. The highest BCUT2D eigenvalue weighted by atomic mass is 79.9. The van der Waals surface area contributed by atoms with Gasteiger partial charge in [0.2, 0.25) is 0 Å². The van der Waals surface area contributed by atoms with Crippen LogP contribution < -0.4 is 5.32 Å². The van der Waals surface area contributed by atoms with Crippen LogP contribution in [0.5, 0.6) is 0 Å². The molecule has 2 heteroatoms. The molecule has 118 valence electrons. The van der Waals surface area contributed by atoms with E-state index in [2.05, 4.69) is 66.3 Å². The minimum atomic E-state index is 0.216. The fourth-order valence-corrected chi connectivity index (χ4v) is 3.62. The fraction of sp³-hybridized carbons (Fsp3) is 0.684. The van der Waals surface area contributed by atoms with Crippen molar-refractivity contribution in [3.05, 3.63) is 34.3 Å². The Morgan fingerprint density at radius 2 is 1.76 bits per heavy atom. The second-order valence-electron chi connectivity index (χ2n) is 7.71. The van der Waals surface area contributed by atoms with E-state index in [4.69, 9.17) is 0 Å². The molecule has 1 saturated carbocycles. The summed E-state index contributed by atoms with van der Waals surface area (Å²) in [4.78, 5) is 0. The van der Waals surface area contributed by atoms with E-state index in [1.54, 1.807) is 0 Å². The molecule has 0 bridgehead atoms. The van der Waals surface area contributed by atoms with Gasteiger partial charge in [-0.15, -0.1) is 0 Å². The molecule has 1 aromatic carbocycles. The molecule has 0 radical (unpaired) electrons. The molecular formula is C19H30BrN. The summed E-state index contributed by atoms with van der Waals surface area (Å²) in [7, 11) is 0. The maximum absolute atomic E-state index is 3.72. The van der Waals surface area contributed by atoms with E-state index < -0.39 is 0 Å². The summed E-state index contributed by atoms with van der Waals surface area (Å²) in [5, 5.41) is 3.72. The van der Waals surface area contributed by atoms with Gasteiger partial charge in [-0.25, -0.2) is 0 Å². The van der Waals surface area contributed by atoms with Gasteiger partial charge in [-0.05, 0) is 69.7 Å². The van der Waals surface area contributed by atoms with Gasteiger partial charge < -0.3 is 5.32 Å².